The number of hydrogen-bond donors (Lipinski definition) is 0. The van der Waals surface area contributed by atoms with Crippen LogP contribution in [-0.2, 0) is 16.0 Å². The number of aryl methyl sites for hydroxylation is 1. The van der Waals surface area contributed by atoms with E-state index in [0.29, 0.717) is 19.4 Å². The average Bonchev–Trinajstić information content (AvgIpc) is 2.91. The van der Waals surface area contributed by atoms with E-state index in [1.807, 2.05) is 43.3 Å². The molecule has 3 heteroatoms. The van der Waals surface area contributed by atoms with E-state index in [9.17, 15) is 4.79 Å². The van der Waals surface area contributed by atoms with Crippen molar-refractivity contribution in [1.29, 1.82) is 0 Å². The number of rotatable bonds is 5. The molecule has 1 aromatic carbocycles. The van der Waals surface area contributed by atoms with E-state index in [-0.39, 0.29) is 5.97 Å². The molecule has 0 amide bonds. The number of esters is 1. The molecule has 0 radical (unpaired) electrons. The van der Waals surface area contributed by atoms with Crippen LogP contribution < -0.4 is 0 Å². The summed E-state index contributed by atoms with van der Waals surface area (Å²) < 4.78 is 10.2. The fourth-order valence-corrected chi connectivity index (χ4v) is 1.76. The second-order valence-electron chi connectivity index (χ2n) is 3.98. The maximum Gasteiger partial charge on any atom is 0.306 e. The summed E-state index contributed by atoms with van der Waals surface area (Å²) in [6, 6.07) is 11.8. The number of hydrogen-bond acceptors (Lipinski definition) is 3. The van der Waals surface area contributed by atoms with Gasteiger partial charge in [0.2, 0.25) is 0 Å². The largest absolute Gasteiger partial charge is 0.466 e. The molecule has 1 heterocycles. The zero-order valence-electron chi connectivity index (χ0n) is 10.4. The van der Waals surface area contributed by atoms with Crippen LogP contribution in [0.2, 0.25) is 0 Å². The molecule has 0 aliphatic heterocycles. The van der Waals surface area contributed by atoms with Crippen molar-refractivity contribution in [3.8, 4) is 11.3 Å². The smallest absolute Gasteiger partial charge is 0.306 e. The maximum atomic E-state index is 11.2. The van der Waals surface area contributed by atoms with Gasteiger partial charge in [0.15, 0.2) is 0 Å². The highest BCUT2D eigenvalue weighted by Gasteiger charge is 2.04. The molecule has 0 saturated heterocycles. The first-order valence-corrected chi connectivity index (χ1v) is 6.08. The molecule has 2 rings (SSSR count). The van der Waals surface area contributed by atoms with Crippen LogP contribution in [0.25, 0.3) is 11.3 Å². The Kier molecular flexibility index (Phi) is 4.18. The van der Waals surface area contributed by atoms with Gasteiger partial charge in [-0.15, -0.1) is 0 Å². The van der Waals surface area contributed by atoms with Crippen molar-refractivity contribution in [1.82, 2.24) is 0 Å². The van der Waals surface area contributed by atoms with E-state index < -0.39 is 0 Å². The first kappa shape index (κ1) is 12.4. The quantitative estimate of drug-likeness (QED) is 0.756. The molecule has 0 aliphatic carbocycles. The molecule has 0 saturated carbocycles. The molecule has 0 unspecified atom stereocenters. The number of carbonyl (C=O) groups excluding carboxylic acids is 1. The molecule has 0 aliphatic rings. The highest BCUT2D eigenvalue weighted by Crippen LogP contribution is 2.20. The van der Waals surface area contributed by atoms with Gasteiger partial charge in [-0.05, 0) is 31.0 Å². The Balaban J connectivity index is 1.94. The number of ether oxygens (including phenoxy) is 1. The lowest BCUT2D eigenvalue weighted by molar-refractivity contribution is -0.143. The van der Waals surface area contributed by atoms with Gasteiger partial charge < -0.3 is 9.15 Å². The number of furan rings is 1. The maximum absolute atomic E-state index is 11.2. The van der Waals surface area contributed by atoms with Crippen molar-refractivity contribution in [3.63, 3.8) is 0 Å². The Hall–Kier alpha value is -2.03. The fraction of sp³-hybridized carbons (Fsp3) is 0.267. The summed E-state index contributed by atoms with van der Waals surface area (Å²) in [4.78, 5) is 11.2. The van der Waals surface area contributed by atoms with Gasteiger partial charge in [0, 0.05) is 12.0 Å². The van der Waals surface area contributed by atoms with Gasteiger partial charge in [0.25, 0.3) is 0 Å². The Labute approximate surface area is 106 Å². The Morgan fingerprint density at radius 3 is 2.61 bits per heavy atom. The molecular weight excluding hydrogens is 228 g/mol. The van der Waals surface area contributed by atoms with Crippen molar-refractivity contribution in [3.05, 3.63) is 48.2 Å². The molecule has 2 aromatic rings. The highest BCUT2D eigenvalue weighted by molar-refractivity contribution is 5.69. The van der Waals surface area contributed by atoms with Crippen LogP contribution in [0.5, 0.6) is 0 Å². The summed E-state index contributed by atoms with van der Waals surface area (Å²) in [5.41, 5.74) is 2.17. The van der Waals surface area contributed by atoms with Gasteiger partial charge in [0.05, 0.1) is 12.9 Å². The van der Waals surface area contributed by atoms with Crippen LogP contribution in [0.1, 0.15) is 18.9 Å². The van der Waals surface area contributed by atoms with E-state index in [4.69, 9.17) is 9.15 Å². The molecule has 0 spiro atoms. The molecular formula is C15H16O3. The van der Waals surface area contributed by atoms with Crippen molar-refractivity contribution in [2.24, 2.45) is 0 Å². The molecule has 0 N–H and O–H groups in total. The third kappa shape index (κ3) is 3.23. The van der Waals surface area contributed by atoms with Gasteiger partial charge in [-0.1, -0.05) is 24.3 Å². The molecule has 0 bridgehead atoms. The predicted octanol–water partition coefficient (Wildman–Crippen LogP) is 3.44. The van der Waals surface area contributed by atoms with Gasteiger partial charge in [-0.25, -0.2) is 0 Å². The summed E-state index contributed by atoms with van der Waals surface area (Å²) >= 11 is 0. The summed E-state index contributed by atoms with van der Waals surface area (Å²) in [6.07, 6.45) is 2.79. The van der Waals surface area contributed by atoms with Crippen LogP contribution in [0, 0.1) is 0 Å². The Bertz CT molecular complexity index is 483. The van der Waals surface area contributed by atoms with Crippen LogP contribution in [0.3, 0.4) is 0 Å². The van der Waals surface area contributed by atoms with Crippen molar-refractivity contribution >= 4 is 5.97 Å². The van der Waals surface area contributed by atoms with E-state index >= 15 is 0 Å². The Morgan fingerprint density at radius 1 is 1.22 bits per heavy atom. The van der Waals surface area contributed by atoms with E-state index in [1.54, 1.807) is 6.26 Å². The topological polar surface area (TPSA) is 39.4 Å². The predicted molar refractivity (Wildman–Crippen MR) is 69.1 cm³/mol. The van der Waals surface area contributed by atoms with E-state index in [0.717, 1.165) is 16.9 Å². The van der Waals surface area contributed by atoms with Gasteiger partial charge in [-0.2, -0.15) is 0 Å². The molecule has 94 valence electrons. The number of benzene rings is 1. The van der Waals surface area contributed by atoms with E-state index in [1.165, 1.54) is 0 Å². The molecule has 18 heavy (non-hydrogen) atoms. The lowest BCUT2D eigenvalue weighted by atomic mass is 10.1. The molecule has 0 fully saturated rings. The number of carbonyl (C=O) groups is 1. The summed E-state index contributed by atoms with van der Waals surface area (Å²) in [7, 11) is 0. The van der Waals surface area contributed by atoms with Crippen molar-refractivity contribution in [2.45, 2.75) is 19.8 Å². The normalized spacial score (nSPS) is 10.3. The van der Waals surface area contributed by atoms with Crippen LogP contribution in [0.15, 0.2) is 47.1 Å². The molecule has 1 aromatic heterocycles. The van der Waals surface area contributed by atoms with Crippen LogP contribution in [0.4, 0.5) is 0 Å². The van der Waals surface area contributed by atoms with Crippen molar-refractivity contribution < 1.29 is 13.9 Å². The minimum absolute atomic E-state index is 0.146. The lowest BCUT2D eigenvalue weighted by Crippen LogP contribution is -2.04. The second kappa shape index (κ2) is 6.05. The SMILES string of the molecule is CCOC(=O)CCc1ccc(-c2ccco2)cc1. The minimum atomic E-state index is -0.146. The molecule has 3 nitrogen and oxygen atoms in total. The van der Waals surface area contributed by atoms with Crippen molar-refractivity contribution in [2.75, 3.05) is 6.61 Å². The van der Waals surface area contributed by atoms with E-state index in [2.05, 4.69) is 0 Å². The summed E-state index contributed by atoms with van der Waals surface area (Å²) in [6.45, 7) is 2.26. The van der Waals surface area contributed by atoms with Crippen LogP contribution >= 0.6 is 0 Å². The lowest BCUT2D eigenvalue weighted by Gasteiger charge is -2.03. The second-order valence-corrected chi connectivity index (χ2v) is 3.98. The zero-order chi connectivity index (χ0) is 12.8. The zero-order valence-corrected chi connectivity index (χ0v) is 10.4. The standard InChI is InChI=1S/C15H16O3/c1-2-17-15(16)10-7-12-5-8-13(9-6-12)14-4-3-11-18-14/h3-6,8-9,11H,2,7,10H2,1H3. The van der Waals surface area contributed by atoms with Gasteiger partial charge in [0.1, 0.15) is 5.76 Å². The Morgan fingerprint density at radius 2 is 2.00 bits per heavy atom. The van der Waals surface area contributed by atoms with Gasteiger partial charge in [-0.3, -0.25) is 4.79 Å². The summed E-state index contributed by atoms with van der Waals surface area (Å²) in [5.74, 6) is 0.708. The van der Waals surface area contributed by atoms with Crippen LogP contribution in [-0.4, -0.2) is 12.6 Å². The average molecular weight is 244 g/mol. The minimum Gasteiger partial charge on any atom is -0.466 e. The highest BCUT2D eigenvalue weighted by atomic mass is 16.5. The first-order valence-electron chi connectivity index (χ1n) is 6.08. The van der Waals surface area contributed by atoms with Gasteiger partial charge >= 0.3 is 5.97 Å². The summed E-state index contributed by atoms with van der Waals surface area (Å²) in [5, 5.41) is 0. The monoisotopic (exact) mass is 244 g/mol. The third-order valence-corrected chi connectivity index (χ3v) is 2.68. The molecule has 0 atom stereocenters. The third-order valence-electron chi connectivity index (χ3n) is 2.68. The fourth-order valence-electron chi connectivity index (χ4n) is 1.76. The first-order chi connectivity index (χ1) is 8.79.